The Morgan fingerprint density at radius 1 is 0.818 bits per heavy atom. The molecule has 0 atom stereocenters. The molecule has 4 aromatic rings. The molecule has 0 aliphatic heterocycles. The van der Waals surface area contributed by atoms with Crippen molar-refractivity contribution >= 4 is 28.5 Å². The summed E-state index contributed by atoms with van der Waals surface area (Å²) in [6.07, 6.45) is 5.42. The van der Waals surface area contributed by atoms with Crippen LogP contribution < -0.4 is 5.32 Å². The average molecular weight is 460 g/mol. The number of hydrogen-bond donors (Lipinski definition) is 1. The smallest absolute Gasteiger partial charge is 0.224 e. The lowest BCUT2D eigenvalue weighted by Crippen LogP contribution is -2.26. The first-order valence-electron chi connectivity index (χ1n) is 11.7. The molecule has 0 spiro atoms. The van der Waals surface area contributed by atoms with E-state index >= 15 is 0 Å². The number of amides is 1. The Morgan fingerprint density at radius 2 is 1.58 bits per heavy atom. The van der Waals surface area contributed by atoms with Gasteiger partial charge in [0.15, 0.2) is 0 Å². The molecule has 170 valence electrons. The molecule has 0 aliphatic rings. The zero-order valence-electron chi connectivity index (χ0n) is 18.8. The zero-order valence-corrected chi connectivity index (χ0v) is 19.6. The predicted octanol–water partition coefficient (Wildman–Crippen LogP) is 6.00. The number of halogens is 1. The highest BCUT2D eigenvalue weighted by Crippen LogP contribution is 2.19. The van der Waals surface area contributed by atoms with Crippen molar-refractivity contribution in [2.45, 2.75) is 45.1 Å². The first-order valence-corrected chi connectivity index (χ1v) is 12.1. The number of hydrogen-bond acceptors (Lipinski definition) is 2. The topological polar surface area (TPSA) is 46.9 Å². The van der Waals surface area contributed by atoms with Crippen LogP contribution in [0.15, 0.2) is 78.9 Å². The molecule has 3 aromatic carbocycles. The highest BCUT2D eigenvalue weighted by Gasteiger charge is 2.10. The molecule has 4 rings (SSSR count). The quantitative estimate of drug-likeness (QED) is 0.279. The van der Waals surface area contributed by atoms with E-state index < -0.39 is 0 Å². The predicted molar refractivity (Wildman–Crippen MR) is 136 cm³/mol. The fourth-order valence-corrected chi connectivity index (χ4v) is 4.24. The number of fused-ring (bicyclic) bond motifs is 1. The van der Waals surface area contributed by atoms with Crippen molar-refractivity contribution in [2.75, 3.05) is 6.54 Å². The first-order chi connectivity index (χ1) is 16.2. The van der Waals surface area contributed by atoms with Gasteiger partial charge in [0.25, 0.3) is 0 Å². The van der Waals surface area contributed by atoms with Gasteiger partial charge in [-0.2, -0.15) is 0 Å². The van der Waals surface area contributed by atoms with Crippen LogP contribution in [0.25, 0.3) is 11.0 Å². The Bertz CT molecular complexity index is 1170. The summed E-state index contributed by atoms with van der Waals surface area (Å²) in [5.41, 5.74) is 4.59. The molecule has 33 heavy (non-hydrogen) atoms. The van der Waals surface area contributed by atoms with E-state index in [0.717, 1.165) is 55.6 Å². The van der Waals surface area contributed by atoms with Crippen LogP contribution in [-0.2, 0) is 30.6 Å². The maximum atomic E-state index is 12.1. The Balaban J connectivity index is 1.24. The fraction of sp³-hybridized carbons (Fsp3) is 0.286. The Morgan fingerprint density at radius 3 is 2.39 bits per heavy atom. The monoisotopic (exact) mass is 459 g/mol. The summed E-state index contributed by atoms with van der Waals surface area (Å²) < 4.78 is 2.37. The van der Waals surface area contributed by atoms with Crippen LogP contribution in [0.3, 0.4) is 0 Å². The second kappa shape index (κ2) is 11.7. The number of benzene rings is 3. The fourth-order valence-electron chi connectivity index (χ4n) is 4.11. The summed E-state index contributed by atoms with van der Waals surface area (Å²) in [7, 11) is 0. The molecule has 1 aromatic heterocycles. The second-order valence-corrected chi connectivity index (χ2v) is 8.80. The van der Waals surface area contributed by atoms with Crippen molar-refractivity contribution in [3.8, 4) is 0 Å². The lowest BCUT2D eigenvalue weighted by molar-refractivity contribution is -0.120. The van der Waals surface area contributed by atoms with Crippen LogP contribution >= 0.6 is 11.6 Å². The summed E-state index contributed by atoms with van der Waals surface area (Å²) in [6, 6.07) is 26.4. The number of rotatable bonds is 11. The van der Waals surface area contributed by atoms with Gasteiger partial charge in [-0.1, -0.05) is 72.6 Å². The van der Waals surface area contributed by atoms with Gasteiger partial charge in [0.2, 0.25) is 5.91 Å². The van der Waals surface area contributed by atoms with Gasteiger partial charge in [0.05, 0.1) is 17.5 Å². The van der Waals surface area contributed by atoms with Gasteiger partial charge in [-0.25, -0.2) is 4.98 Å². The molecule has 0 saturated heterocycles. The Labute approximate surface area is 200 Å². The van der Waals surface area contributed by atoms with Gasteiger partial charge in [-0.15, -0.1) is 0 Å². The molecule has 0 bridgehead atoms. The normalized spacial score (nSPS) is 11.1. The number of imidazole rings is 1. The molecule has 0 fully saturated rings. The minimum Gasteiger partial charge on any atom is -0.356 e. The van der Waals surface area contributed by atoms with Crippen molar-refractivity contribution in [2.24, 2.45) is 0 Å². The Hall–Kier alpha value is -3.11. The van der Waals surface area contributed by atoms with E-state index in [-0.39, 0.29) is 5.91 Å². The SMILES string of the molecule is O=C(Cc1ccc(Cl)cc1)NCCCCCc1nc2ccccc2n1CCc1ccccc1. The van der Waals surface area contributed by atoms with Gasteiger partial charge in [0.1, 0.15) is 5.82 Å². The number of aromatic nitrogens is 2. The summed E-state index contributed by atoms with van der Waals surface area (Å²) >= 11 is 5.90. The molecule has 5 heteroatoms. The van der Waals surface area contributed by atoms with E-state index in [1.807, 2.05) is 30.3 Å². The first kappa shape index (κ1) is 23.1. The van der Waals surface area contributed by atoms with E-state index in [0.29, 0.717) is 18.0 Å². The molecule has 1 heterocycles. The second-order valence-electron chi connectivity index (χ2n) is 8.37. The number of unbranched alkanes of at least 4 members (excludes halogenated alkanes) is 2. The third kappa shape index (κ3) is 6.69. The van der Waals surface area contributed by atoms with Gasteiger partial charge in [-0.05, 0) is 54.7 Å². The lowest BCUT2D eigenvalue weighted by atomic mass is 10.1. The third-order valence-electron chi connectivity index (χ3n) is 5.88. The standard InChI is InChI=1S/C28H30ClN3O/c29-24-16-14-23(15-17-24)21-28(33)30-19-8-2-5-13-27-31-25-11-6-7-12-26(25)32(27)20-18-22-9-3-1-4-10-22/h1,3-4,6-7,9-12,14-17H,2,5,8,13,18-21H2,(H,30,33). The molecule has 0 unspecified atom stereocenters. The van der Waals surface area contributed by atoms with Crippen molar-refractivity contribution in [1.29, 1.82) is 0 Å². The third-order valence-corrected chi connectivity index (χ3v) is 6.13. The Kier molecular flexibility index (Phi) is 8.15. The maximum Gasteiger partial charge on any atom is 0.224 e. The molecule has 0 saturated carbocycles. The van der Waals surface area contributed by atoms with E-state index in [4.69, 9.17) is 16.6 Å². The molecule has 0 radical (unpaired) electrons. The average Bonchev–Trinajstić information content (AvgIpc) is 3.19. The van der Waals surface area contributed by atoms with E-state index in [1.54, 1.807) is 0 Å². The lowest BCUT2D eigenvalue weighted by Gasteiger charge is -2.10. The minimum atomic E-state index is 0.0556. The maximum absolute atomic E-state index is 12.1. The van der Waals surface area contributed by atoms with Crippen LogP contribution in [0.2, 0.25) is 5.02 Å². The minimum absolute atomic E-state index is 0.0556. The van der Waals surface area contributed by atoms with Gasteiger partial charge < -0.3 is 9.88 Å². The molecule has 4 nitrogen and oxygen atoms in total. The summed E-state index contributed by atoms with van der Waals surface area (Å²) in [6.45, 7) is 1.64. The summed E-state index contributed by atoms with van der Waals surface area (Å²) in [4.78, 5) is 17.0. The largest absolute Gasteiger partial charge is 0.356 e. The molecular formula is C28H30ClN3O. The van der Waals surface area contributed by atoms with E-state index in [2.05, 4.69) is 58.4 Å². The zero-order chi connectivity index (χ0) is 22.9. The van der Waals surface area contributed by atoms with Crippen molar-refractivity contribution in [3.05, 3.63) is 101 Å². The van der Waals surface area contributed by atoms with Crippen LogP contribution in [0.5, 0.6) is 0 Å². The number of aryl methyl sites for hydroxylation is 3. The number of carbonyl (C=O) groups excluding carboxylic acids is 1. The highest BCUT2D eigenvalue weighted by molar-refractivity contribution is 6.30. The van der Waals surface area contributed by atoms with Crippen molar-refractivity contribution in [3.63, 3.8) is 0 Å². The van der Waals surface area contributed by atoms with Gasteiger partial charge in [0, 0.05) is 24.5 Å². The van der Waals surface area contributed by atoms with Gasteiger partial charge >= 0.3 is 0 Å². The van der Waals surface area contributed by atoms with Crippen molar-refractivity contribution < 1.29 is 4.79 Å². The molecular weight excluding hydrogens is 430 g/mol. The number of nitrogens with zero attached hydrogens (tertiary/aromatic N) is 2. The van der Waals surface area contributed by atoms with Gasteiger partial charge in [-0.3, -0.25) is 4.79 Å². The molecule has 1 amide bonds. The number of para-hydroxylation sites is 2. The van der Waals surface area contributed by atoms with Crippen molar-refractivity contribution in [1.82, 2.24) is 14.9 Å². The van der Waals surface area contributed by atoms with E-state index in [1.165, 1.54) is 11.1 Å². The van der Waals surface area contributed by atoms with Crippen LogP contribution in [-0.4, -0.2) is 22.0 Å². The molecule has 0 aliphatic carbocycles. The highest BCUT2D eigenvalue weighted by atomic mass is 35.5. The summed E-state index contributed by atoms with van der Waals surface area (Å²) in [5, 5.41) is 3.71. The number of nitrogens with one attached hydrogen (secondary N) is 1. The molecule has 1 N–H and O–H groups in total. The van der Waals surface area contributed by atoms with Crippen LogP contribution in [0, 0.1) is 0 Å². The summed E-state index contributed by atoms with van der Waals surface area (Å²) in [5.74, 6) is 1.21. The van der Waals surface area contributed by atoms with Crippen LogP contribution in [0.4, 0.5) is 0 Å². The number of carbonyl (C=O) groups is 1. The van der Waals surface area contributed by atoms with E-state index in [9.17, 15) is 4.79 Å². The van der Waals surface area contributed by atoms with Crippen LogP contribution in [0.1, 0.15) is 36.2 Å².